The zero-order chi connectivity index (χ0) is 25.3. The molecule has 0 saturated carbocycles. The first-order valence-corrected chi connectivity index (χ1v) is 12.3. The molecule has 1 aliphatic heterocycles. The number of fused-ring (bicyclic) bond motifs is 1. The molecule has 1 aliphatic rings. The predicted molar refractivity (Wildman–Crippen MR) is 134 cm³/mol. The summed E-state index contributed by atoms with van der Waals surface area (Å²) in [6.45, 7) is 3.57. The molecule has 2 heterocycles. The van der Waals surface area contributed by atoms with Crippen LogP contribution in [0.1, 0.15) is 31.0 Å². The lowest BCUT2D eigenvalue weighted by Gasteiger charge is -2.24. The van der Waals surface area contributed by atoms with Crippen LogP contribution in [0.2, 0.25) is 0 Å². The second kappa shape index (κ2) is 10.2. The Bertz CT molecular complexity index is 1510. The molecule has 0 radical (unpaired) electrons. The minimum absolute atomic E-state index is 0.169. The van der Waals surface area contributed by atoms with Crippen LogP contribution >= 0.6 is 27.3 Å². The van der Waals surface area contributed by atoms with Gasteiger partial charge in [0.1, 0.15) is 17.3 Å². The third-order valence-corrected chi connectivity index (χ3v) is 7.10. The first-order valence-electron chi connectivity index (χ1n) is 10.7. The number of esters is 1. The van der Waals surface area contributed by atoms with Gasteiger partial charge in [0.25, 0.3) is 5.56 Å². The highest BCUT2D eigenvalue weighted by Gasteiger charge is 2.33. The molecule has 4 rings (SSSR count). The second-order valence-corrected chi connectivity index (χ2v) is 9.45. The van der Waals surface area contributed by atoms with E-state index in [0.29, 0.717) is 42.1 Å². The molecule has 10 heteroatoms. The molecule has 0 fully saturated rings. The van der Waals surface area contributed by atoms with E-state index in [2.05, 4.69) is 20.9 Å². The van der Waals surface area contributed by atoms with Gasteiger partial charge >= 0.3 is 5.97 Å². The lowest BCUT2D eigenvalue weighted by Crippen LogP contribution is -2.39. The number of thiazole rings is 1. The van der Waals surface area contributed by atoms with Crippen molar-refractivity contribution >= 4 is 39.3 Å². The first kappa shape index (κ1) is 24.9. The molecule has 2 aromatic carbocycles. The van der Waals surface area contributed by atoms with Gasteiger partial charge in [0.15, 0.2) is 4.80 Å². The minimum Gasteiger partial charge on any atom is -0.496 e. The standard InChI is InChI=1S/C25H22BrFN2O5S/c1-5-34-24(31)21-13(2)28-25-29(22(21)14-6-8-16(27)9-7-14)23(30)20(35-25)11-15-10-17(26)19(33-4)12-18(15)32-3/h6-12,22H,5H2,1-4H3/b20-11-. The summed E-state index contributed by atoms with van der Waals surface area (Å²) in [4.78, 5) is 31.5. The van der Waals surface area contributed by atoms with E-state index < -0.39 is 17.8 Å². The molecule has 182 valence electrons. The van der Waals surface area contributed by atoms with Crippen molar-refractivity contribution in [3.63, 3.8) is 0 Å². The second-order valence-electron chi connectivity index (χ2n) is 7.58. The van der Waals surface area contributed by atoms with E-state index in [1.807, 2.05) is 0 Å². The Morgan fingerprint density at radius 2 is 1.89 bits per heavy atom. The topological polar surface area (TPSA) is 79.1 Å². The predicted octanol–water partition coefficient (Wildman–Crippen LogP) is 3.72. The molecule has 1 unspecified atom stereocenters. The Kier molecular flexibility index (Phi) is 7.23. The van der Waals surface area contributed by atoms with Gasteiger partial charge in [-0.1, -0.05) is 23.5 Å². The molecule has 0 N–H and O–H groups in total. The molecule has 0 bridgehead atoms. The van der Waals surface area contributed by atoms with Gasteiger partial charge in [0.05, 0.1) is 47.1 Å². The van der Waals surface area contributed by atoms with Gasteiger partial charge in [-0.05, 0) is 59.6 Å². The van der Waals surface area contributed by atoms with Gasteiger partial charge in [-0.25, -0.2) is 14.2 Å². The van der Waals surface area contributed by atoms with Crippen LogP contribution in [0.15, 0.2) is 61.9 Å². The van der Waals surface area contributed by atoms with Crippen LogP contribution in [0.5, 0.6) is 11.5 Å². The zero-order valence-corrected chi connectivity index (χ0v) is 21.8. The summed E-state index contributed by atoms with van der Waals surface area (Å²) >= 11 is 4.65. The van der Waals surface area contributed by atoms with Crippen LogP contribution < -0.4 is 24.4 Å². The zero-order valence-electron chi connectivity index (χ0n) is 19.4. The number of benzene rings is 2. The maximum Gasteiger partial charge on any atom is 0.338 e. The number of ether oxygens (including phenoxy) is 3. The van der Waals surface area contributed by atoms with Crippen molar-refractivity contribution in [3.8, 4) is 11.5 Å². The minimum atomic E-state index is -0.808. The van der Waals surface area contributed by atoms with Crippen molar-refractivity contribution in [2.75, 3.05) is 20.8 Å². The summed E-state index contributed by atoms with van der Waals surface area (Å²) in [5.74, 6) is 0.121. The van der Waals surface area contributed by atoms with Crippen LogP contribution in [-0.2, 0) is 9.53 Å². The molecular formula is C25H22BrFN2O5S. The Morgan fingerprint density at radius 1 is 1.20 bits per heavy atom. The van der Waals surface area contributed by atoms with Gasteiger partial charge < -0.3 is 14.2 Å². The molecule has 0 spiro atoms. The van der Waals surface area contributed by atoms with Crippen LogP contribution in [0.3, 0.4) is 0 Å². The third kappa shape index (κ3) is 4.68. The van der Waals surface area contributed by atoms with Crippen LogP contribution in [0.4, 0.5) is 4.39 Å². The van der Waals surface area contributed by atoms with Crippen LogP contribution in [0.25, 0.3) is 6.08 Å². The normalized spacial score (nSPS) is 15.5. The number of carbonyl (C=O) groups excluding carboxylic acids is 1. The number of hydrogen-bond donors (Lipinski definition) is 0. The average molecular weight is 561 g/mol. The number of halogens is 2. The fourth-order valence-corrected chi connectivity index (χ4v) is 5.45. The van der Waals surface area contributed by atoms with E-state index in [-0.39, 0.29) is 17.7 Å². The van der Waals surface area contributed by atoms with E-state index in [4.69, 9.17) is 14.2 Å². The van der Waals surface area contributed by atoms with Gasteiger partial charge in [-0.3, -0.25) is 9.36 Å². The summed E-state index contributed by atoms with van der Waals surface area (Å²) < 4.78 is 32.3. The van der Waals surface area contributed by atoms with Gasteiger partial charge in [-0.15, -0.1) is 0 Å². The molecule has 0 saturated heterocycles. The summed E-state index contributed by atoms with van der Waals surface area (Å²) in [7, 11) is 3.08. The van der Waals surface area contributed by atoms with Crippen LogP contribution in [0, 0.1) is 5.82 Å². The number of methoxy groups -OCH3 is 2. The number of nitrogens with zero attached hydrogens (tertiary/aromatic N) is 2. The molecule has 0 amide bonds. The Hall–Kier alpha value is -3.24. The molecule has 7 nitrogen and oxygen atoms in total. The first-order chi connectivity index (χ1) is 16.8. The summed E-state index contributed by atoms with van der Waals surface area (Å²) in [5, 5.41) is 0. The molecule has 3 aromatic rings. The van der Waals surface area contributed by atoms with Crippen molar-refractivity contribution in [1.29, 1.82) is 0 Å². The van der Waals surface area contributed by atoms with Crippen molar-refractivity contribution in [2.24, 2.45) is 4.99 Å². The van der Waals surface area contributed by atoms with Crippen molar-refractivity contribution in [2.45, 2.75) is 19.9 Å². The lowest BCUT2D eigenvalue weighted by molar-refractivity contribution is -0.139. The number of carbonyl (C=O) groups is 1. The average Bonchev–Trinajstić information content (AvgIpc) is 3.13. The number of allylic oxidation sites excluding steroid dienone is 1. The summed E-state index contributed by atoms with van der Waals surface area (Å²) in [5.41, 5.74) is 1.56. The molecule has 0 aliphatic carbocycles. The SMILES string of the molecule is CCOC(=O)C1=C(C)N=c2s/c(=C\c3cc(Br)c(OC)cc3OC)c(=O)n2C1c1ccc(F)cc1. The van der Waals surface area contributed by atoms with E-state index in [9.17, 15) is 14.0 Å². The monoisotopic (exact) mass is 560 g/mol. The maximum atomic E-state index is 13.7. The molecule has 1 aromatic heterocycles. The highest BCUT2D eigenvalue weighted by Crippen LogP contribution is 2.34. The van der Waals surface area contributed by atoms with Crippen LogP contribution in [-0.4, -0.2) is 31.4 Å². The van der Waals surface area contributed by atoms with Crippen molar-refractivity contribution in [1.82, 2.24) is 4.57 Å². The number of aromatic nitrogens is 1. The maximum absolute atomic E-state index is 13.7. The van der Waals surface area contributed by atoms with Gasteiger partial charge in [-0.2, -0.15) is 0 Å². The molecule has 35 heavy (non-hydrogen) atoms. The van der Waals surface area contributed by atoms with E-state index in [0.717, 1.165) is 0 Å². The van der Waals surface area contributed by atoms with E-state index in [1.165, 1.54) is 35.1 Å². The van der Waals surface area contributed by atoms with Gasteiger partial charge in [0.2, 0.25) is 0 Å². The quantitative estimate of drug-likeness (QED) is 0.429. The largest absolute Gasteiger partial charge is 0.496 e. The van der Waals surface area contributed by atoms with Gasteiger partial charge in [0, 0.05) is 11.6 Å². The molecule has 1 atom stereocenters. The lowest BCUT2D eigenvalue weighted by atomic mass is 9.96. The summed E-state index contributed by atoms with van der Waals surface area (Å²) in [6, 6.07) is 8.40. The number of rotatable bonds is 6. The smallest absolute Gasteiger partial charge is 0.338 e. The summed E-state index contributed by atoms with van der Waals surface area (Å²) in [6.07, 6.45) is 1.71. The van der Waals surface area contributed by atoms with Crippen molar-refractivity contribution < 1.29 is 23.4 Å². The van der Waals surface area contributed by atoms with E-state index in [1.54, 1.807) is 51.3 Å². The van der Waals surface area contributed by atoms with Crippen molar-refractivity contribution in [3.05, 3.63) is 88.8 Å². The highest BCUT2D eigenvalue weighted by molar-refractivity contribution is 9.10. The van der Waals surface area contributed by atoms with E-state index >= 15 is 0 Å². The molecular weight excluding hydrogens is 539 g/mol. The Balaban J connectivity index is 1.96. The third-order valence-electron chi connectivity index (χ3n) is 5.49. The highest BCUT2D eigenvalue weighted by atomic mass is 79.9. The number of hydrogen-bond acceptors (Lipinski definition) is 7. The Labute approximate surface area is 212 Å². The fourth-order valence-electron chi connectivity index (χ4n) is 3.89. The fraction of sp³-hybridized carbons (Fsp3) is 0.240. The Morgan fingerprint density at radius 3 is 2.51 bits per heavy atom.